The second kappa shape index (κ2) is 8.00. The molecule has 0 aliphatic carbocycles. The molecule has 0 fully saturated rings. The molecule has 1 heterocycles. The lowest BCUT2D eigenvalue weighted by molar-refractivity contribution is -0.129. The van der Waals surface area contributed by atoms with Crippen LogP contribution in [0.2, 0.25) is 0 Å². The molecule has 2 amide bonds. The Hall–Kier alpha value is -2.54. The van der Waals surface area contributed by atoms with Gasteiger partial charge < -0.3 is 20.1 Å². The van der Waals surface area contributed by atoms with E-state index in [0.717, 1.165) is 10.2 Å². The molecule has 0 saturated heterocycles. The Labute approximate surface area is 166 Å². The number of nitrogens with one attached hydrogen (secondary N) is 2. The standard InChI is InChI=1S/C20H21BrN2O4/c1-20(2)19(25)23-16-12-14(7-10-17(16)27-20)22-18(24)4-3-11-26-15-8-5-13(21)6-9-15/h5-10,12H,3-4,11H2,1-2H3,(H,22,24)(H,23,25). The molecule has 0 atom stereocenters. The minimum Gasteiger partial charge on any atom is -0.494 e. The highest BCUT2D eigenvalue weighted by Gasteiger charge is 2.35. The van der Waals surface area contributed by atoms with Gasteiger partial charge in [0.15, 0.2) is 5.60 Å². The molecule has 0 radical (unpaired) electrons. The van der Waals surface area contributed by atoms with Gasteiger partial charge >= 0.3 is 0 Å². The molecular weight excluding hydrogens is 412 g/mol. The molecule has 0 unspecified atom stereocenters. The molecule has 0 aromatic heterocycles. The van der Waals surface area contributed by atoms with E-state index in [9.17, 15) is 9.59 Å². The number of amides is 2. The first-order chi connectivity index (χ1) is 12.8. The summed E-state index contributed by atoms with van der Waals surface area (Å²) in [6.07, 6.45) is 0.935. The smallest absolute Gasteiger partial charge is 0.268 e. The van der Waals surface area contributed by atoms with Crippen LogP contribution in [0.15, 0.2) is 46.9 Å². The monoisotopic (exact) mass is 432 g/mol. The first-order valence-electron chi connectivity index (χ1n) is 8.66. The molecule has 2 aromatic rings. The van der Waals surface area contributed by atoms with Gasteiger partial charge in [0.25, 0.3) is 5.91 Å². The van der Waals surface area contributed by atoms with Crippen molar-refractivity contribution >= 4 is 39.1 Å². The third kappa shape index (κ3) is 5.01. The SMILES string of the molecule is CC1(C)Oc2ccc(NC(=O)CCCOc3ccc(Br)cc3)cc2NC1=O. The Kier molecular flexibility index (Phi) is 5.70. The van der Waals surface area contributed by atoms with Crippen molar-refractivity contribution in [3.8, 4) is 11.5 Å². The van der Waals surface area contributed by atoms with Crippen LogP contribution in [-0.2, 0) is 9.59 Å². The van der Waals surface area contributed by atoms with Crippen LogP contribution < -0.4 is 20.1 Å². The van der Waals surface area contributed by atoms with Crippen molar-refractivity contribution in [2.24, 2.45) is 0 Å². The van der Waals surface area contributed by atoms with E-state index < -0.39 is 5.60 Å². The second-order valence-electron chi connectivity index (χ2n) is 6.73. The quantitative estimate of drug-likeness (QED) is 0.664. The lowest BCUT2D eigenvalue weighted by atomic mass is 10.1. The normalized spacial score (nSPS) is 14.6. The van der Waals surface area contributed by atoms with Crippen LogP contribution >= 0.6 is 15.9 Å². The summed E-state index contributed by atoms with van der Waals surface area (Å²) in [5.74, 6) is 1.02. The van der Waals surface area contributed by atoms with Gasteiger partial charge in [0.05, 0.1) is 12.3 Å². The number of ether oxygens (including phenoxy) is 2. The summed E-state index contributed by atoms with van der Waals surface area (Å²) in [5, 5.41) is 5.63. The van der Waals surface area contributed by atoms with E-state index in [1.54, 1.807) is 32.0 Å². The van der Waals surface area contributed by atoms with Crippen LogP contribution in [0.1, 0.15) is 26.7 Å². The number of carbonyl (C=O) groups excluding carboxylic acids is 2. The minimum absolute atomic E-state index is 0.113. The zero-order valence-corrected chi connectivity index (χ0v) is 16.8. The predicted molar refractivity (Wildman–Crippen MR) is 107 cm³/mol. The lowest BCUT2D eigenvalue weighted by Crippen LogP contribution is -2.45. The summed E-state index contributed by atoms with van der Waals surface area (Å²) in [6, 6.07) is 12.7. The van der Waals surface area contributed by atoms with E-state index >= 15 is 0 Å². The molecule has 1 aliphatic rings. The number of fused-ring (bicyclic) bond motifs is 1. The molecular formula is C20H21BrN2O4. The molecule has 1 aliphatic heterocycles. The van der Waals surface area contributed by atoms with Crippen LogP contribution in [0.4, 0.5) is 11.4 Å². The van der Waals surface area contributed by atoms with Gasteiger partial charge in [0.2, 0.25) is 5.91 Å². The summed E-state index contributed by atoms with van der Waals surface area (Å²) in [5.41, 5.74) is 0.249. The Bertz CT molecular complexity index is 850. The van der Waals surface area contributed by atoms with Crippen molar-refractivity contribution < 1.29 is 19.1 Å². The van der Waals surface area contributed by atoms with E-state index in [0.29, 0.717) is 36.6 Å². The second-order valence-corrected chi connectivity index (χ2v) is 7.65. The molecule has 3 rings (SSSR count). The third-order valence-corrected chi connectivity index (χ3v) is 4.58. The molecule has 142 valence electrons. The highest BCUT2D eigenvalue weighted by molar-refractivity contribution is 9.10. The lowest BCUT2D eigenvalue weighted by Gasteiger charge is -2.31. The number of carbonyl (C=O) groups is 2. The fourth-order valence-corrected chi connectivity index (χ4v) is 2.83. The van der Waals surface area contributed by atoms with Gasteiger partial charge in [-0.25, -0.2) is 0 Å². The first kappa shape index (κ1) is 19.2. The predicted octanol–water partition coefficient (Wildman–Crippen LogP) is 4.36. The van der Waals surface area contributed by atoms with Gasteiger partial charge in [-0.1, -0.05) is 15.9 Å². The third-order valence-electron chi connectivity index (χ3n) is 4.05. The van der Waals surface area contributed by atoms with Crippen molar-refractivity contribution in [1.82, 2.24) is 0 Å². The summed E-state index contributed by atoms with van der Waals surface area (Å²) in [4.78, 5) is 24.1. The molecule has 7 heteroatoms. The molecule has 0 bridgehead atoms. The van der Waals surface area contributed by atoms with Crippen LogP contribution in [0.25, 0.3) is 0 Å². The fraction of sp³-hybridized carbons (Fsp3) is 0.300. The minimum atomic E-state index is -0.910. The van der Waals surface area contributed by atoms with Gasteiger partial charge in [-0.15, -0.1) is 0 Å². The van der Waals surface area contributed by atoms with Crippen molar-refractivity contribution in [2.75, 3.05) is 17.2 Å². The van der Waals surface area contributed by atoms with Gasteiger partial charge in [0.1, 0.15) is 11.5 Å². The zero-order chi connectivity index (χ0) is 19.4. The maximum absolute atomic E-state index is 12.1. The average Bonchev–Trinajstić information content (AvgIpc) is 2.61. The van der Waals surface area contributed by atoms with E-state index in [4.69, 9.17) is 9.47 Å². The summed E-state index contributed by atoms with van der Waals surface area (Å²) >= 11 is 3.37. The fourth-order valence-electron chi connectivity index (χ4n) is 2.57. The van der Waals surface area contributed by atoms with Crippen molar-refractivity contribution in [1.29, 1.82) is 0 Å². The number of benzene rings is 2. The molecule has 0 spiro atoms. The molecule has 2 aromatic carbocycles. The van der Waals surface area contributed by atoms with Crippen LogP contribution in [0.5, 0.6) is 11.5 Å². The number of halogens is 1. The first-order valence-corrected chi connectivity index (χ1v) is 9.45. The van der Waals surface area contributed by atoms with Crippen molar-refractivity contribution in [3.05, 3.63) is 46.9 Å². The van der Waals surface area contributed by atoms with E-state index in [1.807, 2.05) is 24.3 Å². The summed E-state index contributed by atoms with van der Waals surface area (Å²) < 4.78 is 12.3. The number of rotatable bonds is 6. The van der Waals surface area contributed by atoms with Gasteiger partial charge in [0, 0.05) is 16.6 Å². The Balaban J connectivity index is 1.48. The Morgan fingerprint density at radius 3 is 2.70 bits per heavy atom. The van der Waals surface area contributed by atoms with Crippen molar-refractivity contribution in [2.45, 2.75) is 32.3 Å². The number of anilines is 2. The van der Waals surface area contributed by atoms with Gasteiger partial charge in [-0.05, 0) is 62.7 Å². The van der Waals surface area contributed by atoms with Crippen LogP contribution in [0, 0.1) is 0 Å². The average molecular weight is 433 g/mol. The number of hydrogen-bond donors (Lipinski definition) is 2. The molecule has 27 heavy (non-hydrogen) atoms. The van der Waals surface area contributed by atoms with Crippen LogP contribution in [0.3, 0.4) is 0 Å². The number of hydrogen-bond acceptors (Lipinski definition) is 4. The maximum Gasteiger partial charge on any atom is 0.268 e. The van der Waals surface area contributed by atoms with Crippen LogP contribution in [-0.4, -0.2) is 24.0 Å². The molecule has 6 nitrogen and oxygen atoms in total. The van der Waals surface area contributed by atoms with E-state index in [1.165, 1.54) is 0 Å². The largest absolute Gasteiger partial charge is 0.494 e. The Morgan fingerprint density at radius 2 is 1.96 bits per heavy atom. The zero-order valence-electron chi connectivity index (χ0n) is 15.2. The topological polar surface area (TPSA) is 76.7 Å². The molecule has 2 N–H and O–H groups in total. The summed E-state index contributed by atoms with van der Waals surface area (Å²) in [7, 11) is 0. The highest BCUT2D eigenvalue weighted by Crippen LogP contribution is 2.35. The van der Waals surface area contributed by atoms with Crippen molar-refractivity contribution in [3.63, 3.8) is 0 Å². The maximum atomic E-state index is 12.1. The highest BCUT2D eigenvalue weighted by atomic mass is 79.9. The van der Waals surface area contributed by atoms with Gasteiger partial charge in [-0.2, -0.15) is 0 Å². The van der Waals surface area contributed by atoms with E-state index in [-0.39, 0.29) is 11.8 Å². The van der Waals surface area contributed by atoms with E-state index in [2.05, 4.69) is 26.6 Å². The molecule has 0 saturated carbocycles. The Morgan fingerprint density at radius 1 is 1.22 bits per heavy atom. The van der Waals surface area contributed by atoms with Gasteiger partial charge in [-0.3, -0.25) is 9.59 Å². The summed E-state index contributed by atoms with van der Waals surface area (Å²) in [6.45, 7) is 3.87.